The summed E-state index contributed by atoms with van der Waals surface area (Å²) < 4.78 is 0. The van der Waals surface area contributed by atoms with E-state index in [2.05, 4.69) is 47.8 Å². The molecule has 4 rings (SSSR count). The largest absolute Gasteiger partial charge is 0.328 e. The molecule has 0 spiro atoms. The van der Waals surface area contributed by atoms with Crippen molar-refractivity contribution >= 4 is 10.8 Å². The average molecular weight is 280 g/mol. The lowest BCUT2D eigenvalue weighted by Crippen LogP contribution is -2.38. The zero-order valence-electron chi connectivity index (χ0n) is 12.5. The van der Waals surface area contributed by atoms with Crippen molar-refractivity contribution < 1.29 is 0 Å². The maximum absolute atomic E-state index is 5.99. The highest BCUT2D eigenvalue weighted by molar-refractivity contribution is 5.83. The number of hydrogen-bond acceptors (Lipinski definition) is 2. The standard InChI is InChI=1S/C19H24N2/c20-16-7-9-17(10-8-16)21-19-12-18(19)15-6-5-13-3-1-2-4-14(13)11-15/h1-6,11,16-19,21H,7-10,12,20H2/t16-,17-,18?,19-/m1/s1. The van der Waals surface area contributed by atoms with Gasteiger partial charge in [-0.1, -0.05) is 42.5 Å². The summed E-state index contributed by atoms with van der Waals surface area (Å²) in [6.45, 7) is 0. The summed E-state index contributed by atoms with van der Waals surface area (Å²) in [5, 5.41) is 6.56. The van der Waals surface area contributed by atoms with Gasteiger partial charge in [0.25, 0.3) is 0 Å². The van der Waals surface area contributed by atoms with Crippen molar-refractivity contribution in [3.63, 3.8) is 0 Å². The number of hydrogen-bond donors (Lipinski definition) is 2. The van der Waals surface area contributed by atoms with Gasteiger partial charge in [-0.2, -0.15) is 0 Å². The molecule has 21 heavy (non-hydrogen) atoms. The van der Waals surface area contributed by atoms with Gasteiger partial charge in [0.2, 0.25) is 0 Å². The van der Waals surface area contributed by atoms with Crippen LogP contribution in [0.15, 0.2) is 42.5 Å². The first-order valence-electron chi connectivity index (χ1n) is 8.30. The van der Waals surface area contributed by atoms with Crippen LogP contribution in [-0.2, 0) is 0 Å². The normalized spacial score (nSPS) is 32.2. The van der Waals surface area contributed by atoms with Crippen LogP contribution >= 0.6 is 0 Å². The van der Waals surface area contributed by atoms with E-state index in [1.54, 1.807) is 0 Å². The lowest BCUT2D eigenvalue weighted by atomic mass is 9.92. The molecular formula is C19H24N2. The molecule has 2 aliphatic rings. The van der Waals surface area contributed by atoms with Crippen LogP contribution in [0.1, 0.15) is 43.6 Å². The second kappa shape index (κ2) is 5.43. The predicted molar refractivity (Wildman–Crippen MR) is 88.5 cm³/mol. The molecule has 2 aromatic rings. The molecule has 0 amide bonds. The molecule has 0 aromatic heterocycles. The molecule has 0 radical (unpaired) electrons. The summed E-state index contributed by atoms with van der Waals surface area (Å²) in [5.74, 6) is 0.713. The molecule has 0 aliphatic heterocycles. The molecule has 2 saturated carbocycles. The maximum Gasteiger partial charge on any atom is 0.0145 e. The number of nitrogens with one attached hydrogen (secondary N) is 1. The summed E-state index contributed by atoms with van der Waals surface area (Å²) in [6, 6.07) is 17.4. The third kappa shape index (κ3) is 2.83. The third-order valence-electron chi connectivity index (χ3n) is 5.21. The van der Waals surface area contributed by atoms with Crippen LogP contribution in [0.3, 0.4) is 0 Å². The lowest BCUT2D eigenvalue weighted by Gasteiger charge is -2.27. The van der Waals surface area contributed by atoms with E-state index >= 15 is 0 Å². The fourth-order valence-corrected chi connectivity index (χ4v) is 3.77. The molecule has 0 heterocycles. The minimum atomic E-state index is 0.443. The molecule has 2 aliphatic carbocycles. The smallest absolute Gasteiger partial charge is 0.0145 e. The summed E-state index contributed by atoms with van der Waals surface area (Å²) in [6.07, 6.45) is 6.17. The van der Waals surface area contributed by atoms with Gasteiger partial charge in [0, 0.05) is 24.0 Å². The van der Waals surface area contributed by atoms with Crippen LogP contribution in [0.4, 0.5) is 0 Å². The van der Waals surface area contributed by atoms with Gasteiger partial charge in [0.1, 0.15) is 0 Å². The second-order valence-corrected chi connectivity index (χ2v) is 6.83. The molecular weight excluding hydrogens is 256 g/mol. The first-order chi connectivity index (χ1) is 10.3. The van der Waals surface area contributed by atoms with Gasteiger partial charge >= 0.3 is 0 Å². The highest BCUT2D eigenvalue weighted by Crippen LogP contribution is 2.42. The number of fused-ring (bicyclic) bond motifs is 1. The van der Waals surface area contributed by atoms with Crippen molar-refractivity contribution in [2.75, 3.05) is 0 Å². The highest BCUT2D eigenvalue weighted by Gasteiger charge is 2.39. The molecule has 3 N–H and O–H groups in total. The van der Waals surface area contributed by atoms with Crippen molar-refractivity contribution in [3.8, 4) is 0 Å². The zero-order valence-corrected chi connectivity index (χ0v) is 12.5. The van der Waals surface area contributed by atoms with Crippen molar-refractivity contribution in [1.29, 1.82) is 0 Å². The summed E-state index contributed by atoms with van der Waals surface area (Å²) in [4.78, 5) is 0. The predicted octanol–water partition coefficient (Wildman–Crippen LogP) is 3.56. The Morgan fingerprint density at radius 1 is 0.905 bits per heavy atom. The monoisotopic (exact) mass is 280 g/mol. The Kier molecular flexibility index (Phi) is 3.44. The molecule has 2 nitrogen and oxygen atoms in total. The average Bonchev–Trinajstić information content (AvgIpc) is 3.28. The fraction of sp³-hybridized carbons (Fsp3) is 0.474. The van der Waals surface area contributed by atoms with Crippen molar-refractivity contribution in [2.45, 2.75) is 56.1 Å². The van der Waals surface area contributed by atoms with E-state index in [1.165, 1.54) is 48.4 Å². The molecule has 1 unspecified atom stereocenters. The Morgan fingerprint density at radius 3 is 2.48 bits per heavy atom. The molecule has 110 valence electrons. The molecule has 0 bridgehead atoms. The van der Waals surface area contributed by atoms with E-state index in [0.717, 1.165) is 0 Å². The van der Waals surface area contributed by atoms with Crippen molar-refractivity contribution in [2.24, 2.45) is 5.73 Å². The minimum Gasteiger partial charge on any atom is -0.328 e. The Bertz CT molecular complexity index is 628. The third-order valence-corrected chi connectivity index (χ3v) is 5.21. The number of nitrogens with two attached hydrogens (primary N) is 1. The van der Waals surface area contributed by atoms with E-state index < -0.39 is 0 Å². The Labute approximate surface area is 126 Å². The van der Waals surface area contributed by atoms with Gasteiger partial charge in [-0.05, 0) is 48.4 Å². The fourth-order valence-electron chi connectivity index (χ4n) is 3.77. The Hall–Kier alpha value is -1.38. The maximum atomic E-state index is 5.99. The van der Waals surface area contributed by atoms with E-state index in [1.807, 2.05) is 0 Å². The van der Waals surface area contributed by atoms with Gasteiger partial charge in [0.05, 0.1) is 0 Å². The first kappa shape index (κ1) is 13.3. The van der Waals surface area contributed by atoms with Crippen molar-refractivity contribution in [3.05, 3.63) is 48.0 Å². The SMILES string of the molecule is N[C@H]1CC[C@H](N[C@@H]2CC2c2ccc3ccccc3c2)CC1. The molecule has 0 saturated heterocycles. The van der Waals surface area contributed by atoms with E-state index in [4.69, 9.17) is 5.73 Å². The van der Waals surface area contributed by atoms with Gasteiger partial charge < -0.3 is 11.1 Å². The van der Waals surface area contributed by atoms with Gasteiger partial charge in [-0.25, -0.2) is 0 Å². The van der Waals surface area contributed by atoms with Crippen LogP contribution < -0.4 is 11.1 Å². The Morgan fingerprint density at radius 2 is 1.67 bits per heavy atom. The summed E-state index contributed by atoms with van der Waals surface area (Å²) in [5.41, 5.74) is 7.49. The first-order valence-corrected chi connectivity index (χ1v) is 8.30. The highest BCUT2D eigenvalue weighted by atomic mass is 15.0. The summed E-state index contributed by atoms with van der Waals surface area (Å²) in [7, 11) is 0. The van der Waals surface area contributed by atoms with Crippen LogP contribution in [0.25, 0.3) is 10.8 Å². The van der Waals surface area contributed by atoms with Crippen LogP contribution in [0, 0.1) is 0 Å². The molecule has 2 atom stereocenters. The van der Waals surface area contributed by atoms with Crippen LogP contribution in [0.5, 0.6) is 0 Å². The number of benzene rings is 2. The lowest BCUT2D eigenvalue weighted by molar-refractivity contribution is 0.339. The Balaban J connectivity index is 1.41. The van der Waals surface area contributed by atoms with Gasteiger partial charge in [-0.3, -0.25) is 0 Å². The quantitative estimate of drug-likeness (QED) is 0.902. The van der Waals surface area contributed by atoms with Gasteiger partial charge in [0.15, 0.2) is 0 Å². The molecule has 2 aromatic carbocycles. The topological polar surface area (TPSA) is 38.0 Å². The number of rotatable bonds is 3. The molecule has 2 heteroatoms. The summed E-state index contributed by atoms with van der Waals surface area (Å²) >= 11 is 0. The molecule has 2 fully saturated rings. The van der Waals surface area contributed by atoms with E-state index in [9.17, 15) is 0 Å². The second-order valence-electron chi connectivity index (χ2n) is 6.83. The van der Waals surface area contributed by atoms with Crippen molar-refractivity contribution in [1.82, 2.24) is 5.32 Å². The van der Waals surface area contributed by atoms with E-state index in [-0.39, 0.29) is 0 Å². The van der Waals surface area contributed by atoms with E-state index in [0.29, 0.717) is 24.0 Å². The van der Waals surface area contributed by atoms with Crippen LogP contribution in [0.2, 0.25) is 0 Å². The van der Waals surface area contributed by atoms with Gasteiger partial charge in [-0.15, -0.1) is 0 Å². The van der Waals surface area contributed by atoms with Crippen LogP contribution in [-0.4, -0.2) is 18.1 Å². The zero-order chi connectivity index (χ0) is 14.2. The minimum absolute atomic E-state index is 0.443.